The normalized spacial score (nSPS) is 10.6. The third kappa shape index (κ3) is 2.93. The molecule has 104 valence electrons. The summed E-state index contributed by atoms with van der Waals surface area (Å²) in [6, 6.07) is 5.35. The zero-order valence-electron chi connectivity index (χ0n) is 10.9. The van der Waals surface area contributed by atoms with Gasteiger partial charge in [0.25, 0.3) is 0 Å². The second kappa shape index (κ2) is 5.54. The molecule has 0 radical (unpaired) electrons. The van der Waals surface area contributed by atoms with Crippen molar-refractivity contribution in [1.29, 1.82) is 0 Å². The lowest BCUT2D eigenvalue weighted by molar-refractivity contribution is -0.128. The largest absolute Gasteiger partial charge is 0.296 e. The van der Waals surface area contributed by atoms with Gasteiger partial charge in [0.15, 0.2) is 0 Å². The Kier molecular flexibility index (Phi) is 3.99. The number of fused-ring (bicyclic) bond motifs is 1. The number of carbonyl (C=O) groups excluding carboxylic acids is 3. The van der Waals surface area contributed by atoms with Gasteiger partial charge >= 0.3 is 0 Å². The van der Waals surface area contributed by atoms with E-state index >= 15 is 0 Å². The maximum Gasteiger partial charge on any atom is 0.244 e. The molecule has 1 heterocycles. The molecule has 2 aromatic rings. The number of aromatic nitrogens is 2. The van der Waals surface area contributed by atoms with Crippen molar-refractivity contribution in [1.82, 2.24) is 15.1 Å². The quantitative estimate of drug-likeness (QED) is 0.903. The lowest BCUT2D eigenvalue weighted by atomic mass is 10.1. The molecule has 20 heavy (non-hydrogen) atoms. The van der Waals surface area contributed by atoms with Gasteiger partial charge in [0.2, 0.25) is 17.7 Å². The summed E-state index contributed by atoms with van der Waals surface area (Å²) in [5.41, 5.74) is 1.08. The SMILES string of the molecule is CC(=O)NC(=O)Cc1nn(C(C)=O)c2cc(Br)ccc12. The second-order valence-electron chi connectivity index (χ2n) is 4.32. The molecule has 7 heteroatoms. The van der Waals surface area contributed by atoms with E-state index in [1.807, 2.05) is 0 Å². The molecule has 0 saturated carbocycles. The molecule has 2 rings (SSSR count). The molecule has 1 N–H and O–H groups in total. The second-order valence-corrected chi connectivity index (χ2v) is 5.24. The number of benzene rings is 1. The highest BCUT2D eigenvalue weighted by Crippen LogP contribution is 2.23. The first-order valence-corrected chi connectivity index (χ1v) is 6.66. The molecule has 0 atom stereocenters. The molecule has 6 nitrogen and oxygen atoms in total. The van der Waals surface area contributed by atoms with Gasteiger partial charge in [0, 0.05) is 23.7 Å². The van der Waals surface area contributed by atoms with Crippen LogP contribution in [0.5, 0.6) is 0 Å². The number of nitrogens with one attached hydrogen (secondary N) is 1. The lowest BCUT2D eigenvalue weighted by Gasteiger charge is -1.98. The topological polar surface area (TPSA) is 81.1 Å². The van der Waals surface area contributed by atoms with Gasteiger partial charge in [-0.05, 0) is 18.2 Å². The first-order valence-electron chi connectivity index (χ1n) is 5.87. The minimum absolute atomic E-state index is 0.0575. The van der Waals surface area contributed by atoms with Crippen LogP contribution in [0, 0.1) is 0 Å². The summed E-state index contributed by atoms with van der Waals surface area (Å²) < 4.78 is 2.06. The Morgan fingerprint density at radius 2 is 2.00 bits per heavy atom. The minimum atomic E-state index is -0.449. The summed E-state index contributed by atoms with van der Waals surface area (Å²) in [5, 5.41) is 7.05. The van der Waals surface area contributed by atoms with E-state index in [1.54, 1.807) is 18.2 Å². The highest BCUT2D eigenvalue weighted by molar-refractivity contribution is 9.10. The number of rotatable bonds is 2. The molecule has 0 bridgehead atoms. The molecule has 0 saturated heterocycles. The number of hydrogen-bond donors (Lipinski definition) is 1. The van der Waals surface area contributed by atoms with Gasteiger partial charge in [0.05, 0.1) is 17.6 Å². The van der Waals surface area contributed by atoms with Crippen LogP contribution < -0.4 is 5.32 Å². The van der Waals surface area contributed by atoms with Gasteiger partial charge in [0.1, 0.15) is 0 Å². The number of imide groups is 1. The van der Waals surface area contributed by atoms with Crippen molar-refractivity contribution in [2.45, 2.75) is 20.3 Å². The van der Waals surface area contributed by atoms with E-state index in [2.05, 4.69) is 26.3 Å². The number of amides is 2. The van der Waals surface area contributed by atoms with Gasteiger partial charge in [-0.25, -0.2) is 4.68 Å². The van der Waals surface area contributed by atoms with E-state index < -0.39 is 11.8 Å². The molecule has 2 amide bonds. The third-order valence-electron chi connectivity index (χ3n) is 2.66. The van der Waals surface area contributed by atoms with E-state index in [0.29, 0.717) is 16.6 Å². The van der Waals surface area contributed by atoms with E-state index in [9.17, 15) is 14.4 Å². The van der Waals surface area contributed by atoms with Crippen LogP contribution in [0.2, 0.25) is 0 Å². The Bertz CT molecular complexity index is 721. The third-order valence-corrected chi connectivity index (χ3v) is 3.15. The van der Waals surface area contributed by atoms with Gasteiger partial charge in [-0.1, -0.05) is 15.9 Å². The number of nitrogens with zero attached hydrogens (tertiary/aromatic N) is 2. The van der Waals surface area contributed by atoms with Gasteiger partial charge < -0.3 is 0 Å². The Balaban J connectivity index is 2.46. The van der Waals surface area contributed by atoms with Crippen molar-refractivity contribution in [3.63, 3.8) is 0 Å². The lowest BCUT2D eigenvalue weighted by Crippen LogP contribution is -2.29. The minimum Gasteiger partial charge on any atom is -0.296 e. The molecule has 0 fully saturated rings. The van der Waals surface area contributed by atoms with E-state index in [-0.39, 0.29) is 12.3 Å². The summed E-state index contributed by atoms with van der Waals surface area (Å²) in [7, 11) is 0. The molecule has 0 aliphatic carbocycles. The highest BCUT2D eigenvalue weighted by Gasteiger charge is 2.16. The molecule has 0 aliphatic rings. The number of carbonyl (C=O) groups is 3. The van der Waals surface area contributed by atoms with Gasteiger partial charge in [-0.3, -0.25) is 19.7 Å². The van der Waals surface area contributed by atoms with Crippen molar-refractivity contribution in [2.75, 3.05) is 0 Å². The fourth-order valence-electron chi connectivity index (χ4n) is 1.92. The van der Waals surface area contributed by atoms with Crippen LogP contribution in [-0.4, -0.2) is 27.5 Å². The van der Waals surface area contributed by atoms with Gasteiger partial charge in [-0.2, -0.15) is 5.10 Å². The van der Waals surface area contributed by atoms with Crippen LogP contribution in [0.25, 0.3) is 10.9 Å². The maximum absolute atomic E-state index is 11.6. The molecule has 1 aromatic carbocycles. The summed E-state index contributed by atoms with van der Waals surface area (Å²) in [6.45, 7) is 2.66. The zero-order valence-corrected chi connectivity index (χ0v) is 12.5. The Morgan fingerprint density at radius 3 is 2.60 bits per heavy atom. The fourth-order valence-corrected chi connectivity index (χ4v) is 2.26. The molecular weight excluding hydrogens is 326 g/mol. The first-order chi connectivity index (χ1) is 9.38. The van der Waals surface area contributed by atoms with E-state index in [4.69, 9.17) is 0 Å². The molecule has 0 aliphatic heterocycles. The van der Waals surface area contributed by atoms with Crippen LogP contribution in [0.4, 0.5) is 0 Å². The summed E-state index contributed by atoms with van der Waals surface area (Å²) in [6.07, 6.45) is -0.0575. The van der Waals surface area contributed by atoms with Gasteiger partial charge in [-0.15, -0.1) is 0 Å². The Morgan fingerprint density at radius 1 is 1.30 bits per heavy atom. The van der Waals surface area contributed by atoms with E-state index in [0.717, 1.165) is 4.47 Å². The van der Waals surface area contributed by atoms with Crippen molar-refractivity contribution in [3.8, 4) is 0 Å². The average molecular weight is 338 g/mol. The van der Waals surface area contributed by atoms with Crippen LogP contribution >= 0.6 is 15.9 Å². The van der Waals surface area contributed by atoms with Crippen LogP contribution in [0.15, 0.2) is 22.7 Å². The van der Waals surface area contributed by atoms with Crippen molar-refractivity contribution < 1.29 is 14.4 Å². The predicted octanol–water partition coefficient (Wildman–Crippen LogP) is 1.66. The average Bonchev–Trinajstić information content (AvgIpc) is 2.66. The standard InChI is InChI=1S/C13H12BrN3O3/c1-7(18)15-13(20)6-11-10-4-3-9(14)5-12(10)17(16-11)8(2)19/h3-5H,6H2,1-2H3,(H,15,18,20). The summed E-state index contributed by atoms with van der Waals surface area (Å²) in [5.74, 6) is -1.12. The molecular formula is C13H12BrN3O3. The number of halogens is 1. The van der Waals surface area contributed by atoms with Crippen molar-refractivity contribution in [3.05, 3.63) is 28.4 Å². The fraction of sp³-hybridized carbons (Fsp3) is 0.231. The number of hydrogen-bond acceptors (Lipinski definition) is 4. The van der Waals surface area contributed by atoms with Crippen LogP contribution in [0.3, 0.4) is 0 Å². The van der Waals surface area contributed by atoms with Crippen LogP contribution in [-0.2, 0) is 16.0 Å². The van der Waals surface area contributed by atoms with E-state index in [1.165, 1.54) is 18.5 Å². The summed E-state index contributed by atoms with van der Waals surface area (Å²) >= 11 is 3.33. The summed E-state index contributed by atoms with van der Waals surface area (Å²) in [4.78, 5) is 34.1. The van der Waals surface area contributed by atoms with Crippen molar-refractivity contribution in [2.24, 2.45) is 0 Å². The smallest absolute Gasteiger partial charge is 0.244 e. The predicted molar refractivity (Wildman–Crippen MR) is 76.3 cm³/mol. The molecule has 0 spiro atoms. The monoisotopic (exact) mass is 337 g/mol. The zero-order chi connectivity index (χ0) is 14.9. The maximum atomic E-state index is 11.6. The van der Waals surface area contributed by atoms with Crippen LogP contribution in [0.1, 0.15) is 24.3 Å². The highest BCUT2D eigenvalue weighted by atomic mass is 79.9. The molecule has 0 unspecified atom stereocenters. The Labute approximate surface area is 123 Å². The molecule has 1 aromatic heterocycles. The van der Waals surface area contributed by atoms with Crippen molar-refractivity contribution >= 4 is 44.6 Å². The Hall–Kier alpha value is -2.02. The first kappa shape index (κ1) is 14.4.